The van der Waals surface area contributed by atoms with Crippen LogP contribution in [0, 0.1) is 0 Å². The molecular weight excluding hydrogens is 697 g/mol. The summed E-state index contributed by atoms with van der Waals surface area (Å²) < 4.78 is 9.17. The van der Waals surface area contributed by atoms with Crippen molar-refractivity contribution in [3.8, 4) is 28.4 Å². The lowest BCUT2D eigenvalue weighted by Gasteiger charge is -2.46. The Morgan fingerprint density at radius 2 is 1.23 bits per heavy atom. The van der Waals surface area contributed by atoms with Crippen molar-refractivity contribution >= 4 is 38.9 Å². The third-order valence-corrected chi connectivity index (χ3v) is 12.7. The lowest BCUT2D eigenvalue weighted by molar-refractivity contribution is 0.482. The van der Waals surface area contributed by atoms with Gasteiger partial charge >= 0.3 is 0 Å². The van der Waals surface area contributed by atoms with Gasteiger partial charge in [-0.1, -0.05) is 120 Å². The van der Waals surface area contributed by atoms with E-state index in [0.717, 1.165) is 35.0 Å². The maximum atomic E-state index is 6.94. The van der Waals surface area contributed by atoms with Crippen LogP contribution in [0.15, 0.2) is 140 Å². The fraction of sp³-hybridized carbons (Fsp3) is 0.212. The van der Waals surface area contributed by atoms with Crippen molar-refractivity contribution in [1.82, 2.24) is 9.55 Å². The molecule has 0 amide bonds. The van der Waals surface area contributed by atoms with Gasteiger partial charge in [-0.25, -0.2) is 4.98 Å². The number of hydrogen-bond donors (Lipinski definition) is 0. The first-order valence-corrected chi connectivity index (χ1v) is 20.1. The van der Waals surface area contributed by atoms with Gasteiger partial charge in [0.1, 0.15) is 17.3 Å². The second-order valence-electron chi connectivity index (χ2n) is 18.1. The highest BCUT2D eigenvalue weighted by atomic mass is 16.5. The molecule has 280 valence electrons. The Bertz CT molecular complexity index is 2900. The molecule has 0 fully saturated rings. The van der Waals surface area contributed by atoms with E-state index in [0.29, 0.717) is 0 Å². The molecule has 1 spiro atoms. The van der Waals surface area contributed by atoms with Gasteiger partial charge in [-0.05, 0) is 97.8 Å². The average molecular weight is 743 g/mol. The molecule has 0 bridgehead atoms. The largest absolute Gasteiger partial charge is 0.457 e. The van der Waals surface area contributed by atoms with Gasteiger partial charge in [0.05, 0.1) is 40.2 Å². The number of benzene rings is 6. The zero-order valence-electron chi connectivity index (χ0n) is 33.7. The zero-order valence-corrected chi connectivity index (χ0v) is 33.7. The molecule has 0 saturated heterocycles. The molecule has 6 aromatic carbocycles. The SMILES string of the molecule is CN1CN2c3cc(Oc4ccc5c6ccccc6n(-c6ccccn6)c5c4)ccc3C3(c4cccc1c42)c1c(cccc1C(C)(C)C)-c1cccc(C(C)(C)C)c13. The fourth-order valence-electron chi connectivity index (χ4n) is 10.4. The molecule has 2 aromatic heterocycles. The number of fused-ring (bicyclic) bond motifs is 12. The van der Waals surface area contributed by atoms with Crippen molar-refractivity contribution in [3.05, 3.63) is 173 Å². The van der Waals surface area contributed by atoms with Gasteiger partial charge in [0.2, 0.25) is 0 Å². The first-order chi connectivity index (χ1) is 27.5. The van der Waals surface area contributed by atoms with Gasteiger partial charge in [0, 0.05) is 36.1 Å². The number of nitrogens with zero attached hydrogens (tertiary/aromatic N) is 4. The van der Waals surface area contributed by atoms with Crippen LogP contribution < -0.4 is 14.5 Å². The topological polar surface area (TPSA) is 33.5 Å². The van der Waals surface area contributed by atoms with Crippen LogP contribution in [-0.2, 0) is 16.2 Å². The molecule has 8 aromatic rings. The van der Waals surface area contributed by atoms with Gasteiger partial charge in [-0.3, -0.25) is 4.57 Å². The van der Waals surface area contributed by atoms with Crippen LogP contribution in [0.1, 0.15) is 74.9 Å². The first kappa shape index (κ1) is 34.0. The minimum absolute atomic E-state index is 0.0895. The lowest BCUT2D eigenvalue weighted by Crippen LogP contribution is -2.40. The maximum Gasteiger partial charge on any atom is 0.137 e. The summed E-state index contributed by atoms with van der Waals surface area (Å²) in [7, 11) is 2.22. The number of aromatic nitrogens is 2. The molecule has 2 aliphatic heterocycles. The molecule has 0 saturated carbocycles. The quantitative estimate of drug-likeness (QED) is 0.180. The summed E-state index contributed by atoms with van der Waals surface area (Å²) >= 11 is 0. The smallest absolute Gasteiger partial charge is 0.137 e. The van der Waals surface area contributed by atoms with Crippen molar-refractivity contribution in [3.63, 3.8) is 0 Å². The summed E-state index contributed by atoms with van der Waals surface area (Å²) in [5, 5.41) is 2.36. The van der Waals surface area contributed by atoms with Crippen LogP contribution in [0.25, 0.3) is 38.8 Å². The van der Waals surface area contributed by atoms with Crippen LogP contribution in [0.2, 0.25) is 0 Å². The molecule has 57 heavy (non-hydrogen) atoms. The van der Waals surface area contributed by atoms with Crippen LogP contribution in [0.5, 0.6) is 11.5 Å². The highest BCUT2D eigenvalue weighted by Crippen LogP contribution is 2.67. The summed E-state index contributed by atoms with van der Waals surface area (Å²) in [4.78, 5) is 9.67. The second-order valence-corrected chi connectivity index (χ2v) is 18.1. The molecule has 11 rings (SSSR count). The van der Waals surface area contributed by atoms with Gasteiger partial charge in [0.15, 0.2) is 0 Å². The molecule has 1 aliphatic carbocycles. The molecule has 0 unspecified atom stereocenters. The summed E-state index contributed by atoms with van der Waals surface area (Å²) in [6.45, 7) is 15.0. The van der Waals surface area contributed by atoms with E-state index in [4.69, 9.17) is 9.72 Å². The number of anilines is 3. The second kappa shape index (κ2) is 11.6. The predicted octanol–water partition coefficient (Wildman–Crippen LogP) is 12.8. The highest BCUT2D eigenvalue weighted by molar-refractivity contribution is 6.09. The van der Waals surface area contributed by atoms with E-state index in [1.807, 2.05) is 18.3 Å². The van der Waals surface area contributed by atoms with E-state index in [1.54, 1.807) is 0 Å². The zero-order chi connectivity index (χ0) is 39.0. The van der Waals surface area contributed by atoms with Crippen molar-refractivity contribution in [1.29, 1.82) is 0 Å². The van der Waals surface area contributed by atoms with Crippen molar-refractivity contribution in [2.24, 2.45) is 0 Å². The Kier molecular flexibility index (Phi) is 6.92. The Balaban J connectivity index is 1.17. The van der Waals surface area contributed by atoms with Crippen molar-refractivity contribution in [2.75, 3.05) is 23.5 Å². The maximum absolute atomic E-state index is 6.94. The minimum atomic E-state index is -0.540. The van der Waals surface area contributed by atoms with Gasteiger partial charge in [-0.15, -0.1) is 0 Å². The normalized spacial score (nSPS) is 14.9. The summed E-state index contributed by atoms with van der Waals surface area (Å²) in [6.07, 6.45) is 1.85. The monoisotopic (exact) mass is 742 g/mol. The first-order valence-electron chi connectivity index (χ1n) is 20.1. The van der Waals surface area contributed by atoms with E-state index in [1.165, 1.54) is 72.3 Å². The molecule has 0 atom stereocenters. The molecule has 5 heteroatoms. The molecule has 4 heterocycles. The minimum Gasteiger partial charge on any atom is -0.457 e. The Morgan fingerprint density at radius 3 is 1.93 bits per heavy atom. The average Bonchev–Trinajstić information content (AvgIpc) is 3.83. The molecule has 5 nitrogen and oxygen atoms in total. The van der Waals surface area contributed by atoms with Crippen LogP contribution in [-0.4, -0.2) is 23.3 Å². The third-order valence-electron chi connectivity index (χ3n) is 12.7. The van der Waals surface area contributed by atoms with Crippen LogP contribution in [0.4, 0.5) is 17.1 Å². The Labute approximate surface area is 334 Å². The van der Waals surface area contributed by atoms with E-state index in [2.05, 4.69) is 184 Å². The number of ether oxygens (including phenoxy) is 1. The molecule has 0 radical (unpaired) electrons. The molecule has 3 aliphatic rings. The number of pyridine rings is 1. The lowest BCUT2D eigenvalue weighted by atomic mass is 9.60. The summed E-state index contributed by atoms with van der Waals surface area (Å²) in [5.74, 6) is 2.48. The van der Waals surface area contributed by atoms with Gasteiger partial charge in [0.25, 0.3) is 0 Å². The third kappa shape index (κ3) is 4.60. The summed E-state index contributed by atoms with van der Waals surface area (Å²) in [6, 6.07) is 48.9. The van der Waals surface area contributed by atoms with Crippen LogP contribution in [0.3, 0.4) is 0 Å². The van der Waals surface area contributed by atoms with Gasteiger partial charge in [-0.2, -0.15) is 0 Å². The number of hydrogen-bond acceptors (Lipinski definition) is 4. The Hall–Kier alpha value is -6.33. The predicted molar refractivity (Wildman–Crippen MR) is 235 cm³/mol. The molecular formula is C52H46N4O. The Morgan fingerprint density at radius 1 is 0.579 bits per heavy atom. The number of rotatable bonds is 3. The highest BCUT2D eigenvalue weighted by Gasteiger charge is 2.56. The van der Waals surface area contributed by atoms with Crippen molar-refractivity contribution in [2.45, 2.75) is 57.8 Å². The van der Waals surface area contributed by atoms with Gasteiger partial charge < -0.3 is 14.5 Å². The number of para-hydroxylation sites is 2. The van der Waals surface area contributed by atoms with Crippen molar-refractivity contribution < 1.29 is 4.74 Å². The summed E-state index contributed by atoms with van der Waals surface area (Å²) in [5.41, 5.74) is 16.1. The van der Waals surface area contributed by atoms with E-state index in [-0.39, 0.29) is 10.8 Å². The molecule has 0 N–H and O–H groups in total. The van der Waals surface area contributed by atoms with E-state index in [9.17, 15) is 0 Å². The van der Waals surface area contributed by atoms with E-state index >= 15 is 0 Å². The standard InChI is InChI=1S/C52H46N4O/c1-50(2,3)39-18-12-16-36-37-17-13-19-40(51(4,5)6)48(37)52(47(36)39)38-27-25-33(30-45(38)55-31-54(7)43-22-14-20-41(52)49(43)55)57-32-24-26-35-34-15-8-9-21-42(34)56(44(35)29-32)46-23-10-11-28-53-46/h8-30H,31H2,1-7H3. The van der Waals surface area contributed by atoms with Crippen LogP contribution >= 0.6 is 0 Å². The fourth-order valence-corrected chi connectivity index (χ4v) is 10.4. The van der Waals surface area contributed by atoms with E-state index < -0.39 is 5.41 Å².